The largest absolute Gasteiger partial charge is 0.358 e. The summed E-state index contributed by atoms with van der Waals surface area (Å²) in [5.74, 6) is -1.20. The molecule has 1 amide bonds. The van der Waals surface area contributed by atoms with Gasteiger partial charge in [0.25, 0.3) is 5.91 Å². The van der Waals surface area contributed by atoms with E-state index in [1.54, 1.807) is 17.0 Å². The molecule has 1 aromatic carbocycles. The zero-order chi connectivity index (χ0) is 21.1. The number of hydroxylamine groups is 1. The van der Waals surface area contributed by atoms with Crippen LogP contribution in [0.3, 0.4) is 0 Å². The van der Waals surface area contributed by atoms with E-state index in [0.29, 0.717) is 18.2 Å². The van der Waals surface area contributed by atoms with Crippen molar-refractivity contribution in [2.24, 2.45) is 11.7 Å². The van der Waals surface area contributed by atoms with Crippen LogP contribution in [0, 0.1) is 5.92 Å². The van der Waals surface area contributed by atoms with Gasteiger partial charge < -0.3 is 10.6 Å². The zero-order valence-corrected chi connectivity index (χ0v) is 17.7. The number of hydrogen-bond donors (Lipinski definition) is 2. The first-order valence-corrected chi connectivity index (χ1v) is 10.6. The van der Waals surface area contributed by atoms with Gasteiger partial charge in [-0.25, -0.2) is 9.87 Å². The van der Waals surface area contributed by atoms with E-state index in [0.717, 1.165) is 5.56 Å². The van der Waals surface area contributed by atoms with Crippen molar-refractivity contribution in [3.05, 3.63) is 57.4 Å². The van der Waals surface area contributed by atoms with E-state index in [2.05, 4.69) is 5.48 Å². The molecular weight excluding hydrogens is 417 g/mol. The zero-order valence-electron chi connectivity index (χ0n) is 16.2. The quantitative estimate of drug-likeness (QED) is 0.663. The SMILES string of the molecule is CC(C)CONC(=O)C1=CN(Cc2ccc(Cl)cc2)C2C(=O)[C@@H](N)CSC2=C1F. The first-order valence-electron chi connectivity index (χ1n) is 9.24. The predicted molar refractivity (Wildman–Crippen MR) is 111 cm³/mol. The molecular formula is C20H23ClFN3O3S. The number of halogens is 2. The van der Waals surface area contributed by atoms with Gasteiger partial charge in [0.15, 0.2) is 5.78 Å². The molecule has 0 radical (unpaired) electrons. The van der Waals surface area contributed by atoms with Crippen LogP contribution in [0.15, 0.2) is 46.8 Å². The number of ketones is 1. The van der Waals surface area contributed by atoms with Crippen molar-refractivity contribution >= 4 is 35.1 Å². The molecule has 2 heterocycles. The molecule has 0 saturated carbocycles. The molecule has 0 aromatic heterocycles. The molecule has 2 aliphatic heterocycles. The molecule has 1 aromatic rings. The van der Waals surface area contributed by atoms with E-state index < -0.39 is 23.8 Å². The molecule has 9 heteroatoms. The van der Waals surface area contributed by atoms with Crippen molar-refractivity contribution in [2.45, 2.75) is 32.5 Å². The molecule has 2 atom stereocenters. The normalized spacial score (nSPS) is 21.9. The van der Waals surface area contributed by atoms with E-state index in [9.17, 15) is 9.59 Å². The number of rotatable bonds is 6. The second kappa shape index (κ2) is 9.30. The Bertz CT molecular complexity index is 857. The van der Waals surface area contributed by atoms with Gasteiger partial charge in [-0.3, -0.25) is 14.4 Å². The van der Waals surface area contributed by atoms with Gasteiger partial charge in [0.05, 0.1) is 23.1 Å². The second-order valence-corrected chi connectivity index (χ2v) is 8.88. The van der Waals surface area contributed by atoms with Crippen LogP contribution in [0.4, 0.5) is 4.39 Å². The van der Waals surface area contributed by atoms with Gasteiger partial charge in [-0.15, -0.1) is 11.8 Å². The minimum absolute atomic E-state index is 0.176. The molecule has 3 rings (SSSR count). The lowest BCUT2D eigenvalue weighted by atomic mass is 9.98. The van der Waals surface area contributed by atoms with Gasteiger partial charge in [-0.1, -0.05) is 37.6 Å². The van der Waals surface area contributed by atoms with Crippen molar-refractivity contribution in [3.8, 4) is 0 Å². The van der Waals surface area contributed by atoms with E-state index in [4.69, 9.17) is 22.2 Å². The van der Waals surface area contributed by atoms with Crippen molar-refractivity contribution in [2.75, 3.05) is 12.4 Å². The summed E-state index contributed by atoms with van der Waals surface area (Å²) in [5, 5.41) is 0.586. The maximum atomic E-state index is 15.1. The molecule has 0 aliphatic carbocycles. The Kier molecular flexibility index (Phi) is 7.00. The standard InChI is InChI=1S/C20H23ClFN3O3S/c1-11(2)9-28-24-20(27)14-8-25(7-12-3-5-13(21)6-4-12)17-18(26)15(23)10-29-19(17)16(14)22/h3-6,8,11,15,17H,7,9-10,23H2,1-2H3,(H,24,27)/t15-,17?/m0/s1. The van der Waals surface area contributed by atoms with Crippen molar-refractivity contribution in [3.63, 3.8) is 0 Å². The van der Waals surface area contributed by atoms with Gasteiger partial charge in [0, 0.05) is 23.5 Å². The van der Waals surface area contributed by atoms with Crippen LogP contribution < -0.4 is 11.2 Å². The summed E-state index contributed by atoms with van der Waals surface area (Å²) in [6.45, 7) is 4.46. The number of nitrogens with one attached hydrogen (secondary N) is 1. The first-order chi connectivity index (χ1) is 13.8. The van der Waals surface area contributed by atoms with Crippen molar-refractivity contribution < 1.29 is 18.8 Å². The molecule has 3 N–H and O–H groups in total. The highest BCUT2D eigenvalue weighted by molar-refractivity contribution is 8.03. The molecule has 29 heavy (non-hydrogen) atoms. The van der Waals surface area contributed by atoms with Crippen LogP contribution in [-0.4, -0.2) is 41.0 Å². The Morgan fingerprint density at radius 3 is 2.76 bits per heavy atom. The summed E-state index contributed by atoms with van der Waals surface area (Å²) in [4.78, 5) is 32.2. The summed E-state index contributed by atoms with van der Waals surface area (Å²) in [6, 6.07) is 5.56. The van der Waals surface area contributed by atoms with Crippen LogP contribution in [0.25, 0.3) is 0 Å². The third-order valence-electron chi connectivity index (χ3n) is 4.49. The minimum atomic E-state index is -0.854. The second-order valence-electron chi connectivity index (χ2n) is 7.38. The topological polar surface area (TPSA) is 84.7 Å². The molecule has 1 unspecified atom stereocenters. The van der Waals surface area contributed by atoms with Crippen LogP contribution >= 0.6 is 23.4 Å². The molecule has 1 saturated heterocycles. The van der Waals surface area contributed by atoms with Gasteiger partial charge in [-0.05, 0) is 23.6 Å². The first kappa shape index (κ1) is 21.8. The average Bonchev–Trinajstić information content (AvgIpc) is 2.67. The fraction of sp³-hybridized carbons (Fsp3) is 0.400. The smallest absolute Gasteiger partial charge is 0.279 e. The van der Waals surface area contributed by atoms with Gasteiger partial charge >= 0.3 is 0 Å². The van der Waals surface area contributed by atoms with Crippen LogP contribution in [0.2, 0.25) is 5.02 Å². The fourth-order valence-electron chi connectivity index (χ4n) is 3.02. The third kappa shape index (κ3) is 5.01. The fourth-order valence-corrected chi connectivity index (χ4v) is 4.32. The molecule has 0 bridgehead atoms. The van der Waals surface area contributed by atoms with E-state index >= 15 is 4.39 Å². The third-order valence-corrected chi connectivity index (χ3v) is 5.98. The number of fused-ring (bicyclic) bond motifs is 1. The molecule has 0 spiro atoms. The molecule has 1 fully saturated rings. The van der Waals surface area contributed by atoms with Gasteiger partial charge in [-0.2, -0.15) is 0 Å². The van der Waals surface area contributed by atoms with Crippen LogP contribution in [-0.2, 0) is 21.0 Å². The number of nitrogens with two attached hydrogens (primary N) is 1. The number of carbonyl (C=O) groups excluding carboxylic acids is 2. The summed E-state index contributed by atoms with van der Waals surface area (Å²) in [7, 11) is 0. The lowest BCUT2D eigenvalue weighted by Crippen LogP contribution is -2.52. The number of benzene rings is 1. The maximum Gasteiger partial charge on any atom is 0.279 e. The molecule has 2 aliphatic rings. The summed E-state index contributed by atoms with van der Waals surface area (Å²) in [6.07, 6.45) is 1.36. The number of nitrogens with zero attached hydrogens (tertiary/aromatic N) is 1. The molecule has 156 valence electrons. The van der Waals surface area contributed by atoms with Crippen LogP contribution in [0.1, 0.15) is 19.4 Å². The number of Topliss-reactive ketones (excluding diaryl/α,β-unsaturated/α-hetero) is 1. The van der Waals surface area contributed by atoms with Gasteiger partial charge in [0.1, 0.15) is 11.9 Å². The average molecular weight is 440 g/mol. The summed E-state index contributed by atoms with van der Waals surface area (Å²) < 4.78 is 15.1. The number of amides is 1. The Balaban J connectivity index is 1.90. The highest BCUT2D eigenvalue weighted by Crippen LogP contribution is 2.40. The van der Waals surface area contributed by atoms with Gasteiger partial charge in [0.2, 0.25) is 0 Å². The lowest BCUT2D eigenvalue weighted by Gasteiger charge is -2.39. The van der Waals surface area contributed by atoms with E-state index in [1.165, 1.54) is 18.0 Å². The predicted octanol–water partition coefficient (Wildman–Crippen LogP) is 2.94. The molecule has 6 nitrogen and oxygen atoms in total. The maximum absolute atomic E-state index is 15.1. The van der Waals surface area contributed by atoms with E-state index in [-0.39, 0.29) is 27.9 Å². The summed E-state index contributed by atoms with van der Waals surface area (Å²) in [5.41, 5.74) is 8.88. The highest BCUT2D eigenvalue weighted by Gasteiger charge is 2.42. The Hall–Kier alpha value is -1.87. The number of hydrogen-bond acceptors (Lipinski definition) is 6. The number of carbonyl (C=O) groups is 2. The summed E-state index contributed by atoms with van der Waals surface area (Å²) >= 11 is 7.11. The monoisotopic (exact) mass is 439 g/mol. The Morgan fingerprint density at radius 2 is 2.10 bits per heavy atom. The highest BCUT2D eigenvalue weighted by atomic mass is 35.5. The Labute approximate surface area is 178 Å². The number of thioether (sulfide) groups is 1. The Morgan fingerprint density at radius 1 is 1.41 bits per heavy atom. The lowest BCUT2D eigenvalue weighted by molar-refractivity contribution is -0.130. The van der Waals surface area contributed by atoms with Crippen LogP contribution in [0.5, 0.6) is 0 Å². The minimum Gasteiger partial charge on any atom is -0.358 e. The van der Waals surface area contributed by atoms with E-state index in [1.807, 2.05) is 26.0 Å². The van der Waals surface area contributed by atoms with Crippen molar-refractivity contribution in [1.82, 2.24) is 10.4 Å². The van der Waals surface area contributed by atoms with Crippen molar-refractivity contribution in [1.29, 1.82) is 0 Å².